The number of allylic oxidation sites excluding steroid dienone is 1. The highest BCUT2D eigenvalue weighted by Crippen LogP contribution is 2.34. The molecule has 0 bridgehead atoms. The van der Waals surface area contributed by atoms with Crippen LogP contribution in [-0.2, 0) is 9.59 Å². The molecule has 0 aromatic carbocycles. The van der Waals surface area contributed by atoms with Crippen molar-refractivity contribution in [2.45, 2.75) is 57.0 Å². The zero-order valence-electron chi connectivity index (χ0n) is 13.0. The number of carbonyl (C=O) groups is 2. The second kappa shape index (κ2) is 6.93. The number of aliphatic carboxylic acids is 1. The highest BCUT2D eigenvalue weighted by molar-refractivity contribution is 5.88. The van der Waals surface area contributed by atoms with Gasteiger partial charge in [0.1, 0.15) is 0 Å². The molecule has 0 spiro atoms. The van der Waals surface area contributed by atoms with Gasteiger partial charge < -0.3 is 10.4 Å². The number of rotatable bonds is 4. The van der Waals surface area contributed by atoms with Crippen molar-refractivity contribution in [3.63, 3.8) is 0 Å². The van der Waals surface area contributed by atoms with Crippen molar-refractivity contribution in [1.82, 2.24) is 20.3 Å². The van der Waals surface area contributed by atoms with Crippen molar-refractivity contribution >= 4 is 11.9 Å². The fourth-order valence-electron chi connectivity index (χ4n) is 3.62. The molecule has 0 radical (unpaired) electrons. The van der Waals surface area contributed by atoms with Gasteiger partial charge in [0.25, 0.3) is 0 Å². The smallest absolute Gasteiger partial charge is 0.306 e. The second-order valence-electron chi connectivity index (χ2n) is 6.44. The quantitative estimate of drug-likeness (QED) is 0.823. The first kappa shape index (κ1) is 15.7. The summed E-state index contributed by atoms with van der Waals surface area (Å²) in [5.74, 6) is -1.41. The molecule has 1 heterocycles. The Morgan fingerprint density at radius 3 is 2.70 bits per heavy atom. The van der Waals surface area contributed by atoms with Crippen LogP contribution in [0.1, 0.15) is 51.0 Å². The van der Waals surface area contributed by atoms with Crippen molar-refractivity contribution in [3.05, 3.63) is 24.0 Å². The Hall–Kier alpha value is -2.18. The van der Waals surface area contributed by atoms with Gasteiger partial charge in [-0.2, -0.15) is 0 Å². The Labute approximate surface area is 134 Å². The standard InChI is InChI=1S/C16H22N4O3/c21-15(8-11-4-2-1-3-5-11)18-13-9-12(16(22)23)10-14(13)20-7-6-17-19-20/h6-8,12-14H,1-5,9-10H2,(H,18,21)(H,22,23)/t12?,13-,14+/m1/s1. The minimum atomic E-state index is -0.822. The number of aromatic nitrogens is 3. The van der Waals surface area contributed by atoms with E-state index in [9.17, 15) is 14.7 Å². The van der Waals surface area contributed by atoms with Crippen LogP contribution in [0.5, 0.6) is 0 Å². The lowest BCUT2D eigenvalue weighted by atomic mass is 9.94. The number of carboxylic acids is 1. The molecule has 7 nitrogen and oxygen atoms in total. The molecule has 0 saturated heterocycles. The van der Waals surface area contributed by atoms with Crippen LogP contribution < -0.4 is 5.32 Å². The maximum absolute atomic E-state index is 12.3. The van der Waals surface area contributed by atoms with E-state index in [1.807, 2.05) is 0 Å². The lowest BCUT2D eigenvalue weighted by Gasteiger charge is -2.20. The summed E-state index contributed by atoms with van der Waals surface area (Å²) < 4.78 is 1.65. The molecule has 1 aromatic heterocycles. The van der Waals surface area contributed by atoms with Gasteiger partial charge in [-0.15, -0.1) is 5.10 Å². The topological polar surface area (TPSA) is 97.1 Å². The molecule has 2 saturated carbocycles. The van der Waals surface area contributed by atoms with E-state index < -0.39 is 11.9 Å². The number of nitrogens with zero attached hydrogens (tertiary/aromatic N) is 3. The van der Waals surface area contributed by atoms with Crippen molar-refractivity contribution in [2.75, 3.05) is 0 Å². The van der Waals surface area contributed by atoms with Crippen molar-refractivity contribution in [2.24, 2.45) is 5.92 Å². The zero-order chi connectivity index (χ0) is 16.2. The molecule has 1 aromatic rings. The van der Waals surface area contributed by atoms with E-state index in [4.69, 9.17) is 0 Å². The maximum atomic E-state index is 12.3. The fraction of sp³-hybridized carbons (Fsp3) is 0.625. The third-order valence-corrected chi connectivity index (χ3v) is 4.82. The van der Waals surface area contributed by atoms with Gasteiger partial charge in [-0.25, -0.2) is 4.68 Å². The fourth-order valence-corrected chi connectivity index (χ4v) is 3.62. The van der Waals surface area contributed by atoms with E-state index in [0.29, 0.717) is 12.8 Å². The van der Waals surface area contributed by atoms with Crippen molar-refractivity contribution in [1.29, 1.82) is 0 Å². The molecule has 2 fully saturated rings. The molecule has 2 N–H and O–H groups in total. The van der Waals surface area contributed by atoms with Crippen LogP contribution >= 0.6 is 0 Å². The molecule has 1 unspecified atom stereocenters. The lowest BCUT2D eigenvalue weighted by Crippen LogP contribution is -2.38. The number of amides is 1. The first-order valence-electron chi connectivity index (χ1n) is 8.22. The molecule has 3 rings (SSSR count). The average molecular weight is 318 g/mol. The van der Waals surface area contributed by atoms with Crippen LogP contribution in [0.3, 0.4) is 0 Å². The molecule has 124 valence electrons. The third kappa shape index (κ3) is 3.78. The Kier molecular flexibility index (Phi) is 4.73. The Bertz CT molecular complexity index is 588. The summed E-state index contributed by atoms with van der Waals surface area (Å²) in [5.41, 5.74) is 1.19. The lowest BCUT2D eigenvalue weighted by molar-refractivity contribution is -0.141. The van der Waals surface area contributed by atoms with Crippen LogP contribution in [0.2, 0.25) is 0 Å². The summed E-state index contributed by atoms with van der Waals surface area (Å²) in [7, 11) is 0. The number of carboxylic acid groups (broad SMARTS) is 1. The minimum Gasteiger partial charge on any atom is -0.481 e. The highest BCUT2D eigenvalue weighted by Gasteiger charge is 2.40. The number of nitrogens with one attached hydrogen (secondary N) is 1. The molecule has 2 aliphatic carbocycles. The van der Waals surface area contributed by atoms with Crippen LogP contribution in [-0.4, -0.2) is 38.0 Å². The van der Waals surface area contributed by atoms with Gasteiger partial charge in [-0.1, -0.05) is 17.2 Å². The maximum Gasteiger partial charge on any atom is 0.306 e. The van der Waals surface area contributed by atoms with E-state index in [1.54, 1.807) is 23.2 Å². The summed E-state index contributed by atoms with van der Waals surface area (Å²) >= 11 is 0. The van der Waals surface area contributed by atoms with E-state index in [-0.39, 0.29) is 18.0 Å². The Morgan fingerprint density at radius 2 is 2.04 bits per heavy atom. The number of hydrogen-bond donors (Lipinski definition) is 2. The van der Waals surface area contributed by atoms with Gasteiger partial charge >= 0.3 is 5.97 Å². The largest absolute Gasteiger partial charge is 0.481 e. The molecular weight excluding hydrogens is 296 g/mol. The van der Waals surface area contributed by atoms with Crippen LogP contribution in [0.25, 0.3) is 0 Å². The summed E-state index contributed by atoms with van der Waals surface area (Å²) in [4.78, 5) is 23.6. The summed E-state index contributed by atoms with van der Waals surface area (Å²) in [5, 5.41) is 20.0. The van der Waals surface area contributed by atoms with Gasteiger partial charge in [-0.3, -0.25) is 9.59 Å². The monoisotopic (exact) mass is 318 g/mol. The Morgan fingerprint density at radius 1 is 1.26 bits per heavy atom. The first-order chi connectivity index (χ1) is 11.1. The van der Waals surface area contributed by atoms with Crippen LogP contribution in [0.4, 0.5) is 0 Å². The van der Waals surface area contributed by atoms with E-state index >= 15 is 0 Å². The van der Waals surface area contributed by atoms with Crippen molar-refractivity contribution < 1.29 is 14.7 Å². The van der Waals surface area contributed by atoms with E-state index in [1.165, 1.54) is 12.0 Å². The molecular formula is C16H22N4O3. The van der Waals surface area contributed by atoms with Crippen molar-refractivity contribution in [3.8, 4) is 0 Å². The molecule has 23 heavy (non-hydrogen) atoms. The Balaban J connectivity index is 1.68. The average Bonchev–Trinajstić information content (AvgIpc) is 3.17. The highest BCUT2D eigenvalue weighted by atomic mass is 16.4. The molecule has 0 aliphatic heterocycles. The summed E-state index contributed by atoms with van der Waals surface area (Å²) in [6.45, 7) is 0. The van der Waals surface area contributed by atoms with Gasteiger partial charge in [0.05, 0.1) is 24.2 Å². The van der Waals surface area contributed by atoms with Gasteiger partial charge in [0.15, 0.2) is 0 Å². The first-order valence-corrected chi connectivity index (χ1v) is 8.22. The molecule has 2 aliphatic rings. The zero-order valence-corrected chi connectivity index (χ0v) is 13.0. The SMILES string of the molecule is O=C(C=C1CCCCC1)N[C@@H]1CC(C(=O)O)C[C@@H]1n1ccnn1. The third-order valence-electron chi connectivity index (χ3n) is 4.82. The van der Waals surface area contributed by atoms with Gasteiger partial charge in [-0.05, 0) is 38.5 Å². The minimum absolute atomic E-state index is 0.122. The summed E-state index contributed by atoms with van der Waals surface area (Å²) in [6.07, 6.45) is 11.4. The van der Waals surface area contributed by atoms with Crippen LogP contribution in [0.15, 0.2) is 24.0 Å². The predicted molar refractivity (Wildman–Crippen MR) is 82.5 cm³/mol. The molecule has 7 heteroatoms. The predicted octanol–water partition coefficient (Wildman–Crippen LogP) is 1.69. The normalized spacial score (nSPS) is 27.7. The number of hydrogen-bond acceptors (Lipinski definition) is 4. The van der Waals surface area contributed by atoms with Gasteiger partial charge in [0.2, 0.25) is 5.91 Å². The second-order valence-corrected chi connectivity index (χ2v) is 6.44. The van der Waals surface area contributed by atoms with Crippen LogP contribution in [0, 0.1) is 5.92 Å². The molecule has 3 atom stereocenters. The number of carbonyl (C=O) groups excluding carboxylic acids is 1. The summed E-state index contributed by atoms with van der Waals surface area (Å²) in [6, 6.07) is -0.391. The molecule has 1 amide bonds. The van der Waals surface area contributed by atoms with Gasteiger partial charge in [0, 0.05) is 12.3 Å². The van der Waals surface area contributed by atoms with E-state index in [0.717, 1.165) is 25.7 Å². The van der Waals surface area contributed by atoms with E-state index in [2.05, 4.69) is 15.6 Å².